The normalized spacial score (nSPS) is 53.9. The zero-order valence-corrected chi connectivity index (χ0v) is 24.1. The first-order chi connectivity index (χ1) is 19.4. The zero-order chi connectivity index (χ0) is 28.9. The molecule has 0 bridgehead atoms. The van der Waals surface area contributed by atoms with E-state index in [4.69, 9.17) is 23.7 Å². The summed E-state index contributed by atoms with van der Waals surface area (Å²) in [5.74, 6) is -2.75. The molecule has 10 nitrogen and oxygen atoms in total. The van der Waals surface area contributed by atoms with Gasteiger partial charge in [-0.05, 0) is 87.5 Å². The molecule has 0 amide bonds. The Kier molecular flexibility index (Phi) is 6.36. The van der Waals surface area contributed by atoms with Crippen molar-refractivity contribution >= 4 is 18.2 Å². The average molecular weight is 575 g/mol. The zero-order valence-electron chi connectivity index (χ0n) is 24.1. The minimum Gasteiger partial charge on any atom is -0.458 e. The number of aliphatic hydroxyl groups is 2. The van der Waals surface area contributed by atoms with Crippen LogP contribution < -0.4 is 0 Å². The van der Waals surface area contributed by atoms with Crippen molar-refractivity contribution < 1.29 is 48.3 Å². The van der Waals surface area contributed by atoms with Crippen LogP contribution in [0.4, 0.5) is 0 Å². The highest BCUT2D eigenvalue weighted by molar-refractivity contribution is 5.85. The average Bonchev–Trinajstić information content (AvgIpc) is 3.46. The summed E-state index contributed by atoms with van der Waals surface area (Å²) in [7, 11) is 0. The maximum Gasteiger partial charge on any atom is 0.331 e. The van der Waals surface area contributed by atoms with E-state index in [-0.39, 0.29) is 48.3 Å². The Hall–Kier alpha value is -1.85. The molecule has 0 aromatic carbocycles. The van der Waals surface area contributed by atoms with E-state index in [0.29, 0.717) is 25.9 Å². The second-order valence-electron chi connectivity index (χ2n) is 14.2. The number of hydrogen-bond acceptors (Lipinski definition) is 10. The van der Waals surface area contributed by atoms with Crippen LogP contribution in [0.1, 0.15) is 78.6 Å². The first kappa shape index (κ1) is 28.0. The molecule has 2 saturated heterocycles. The summed E-state index contributed by atoms with van der Waals surface area (Å²) in [4.78, 5) is 37.0. The van der Waals surface area contributed by atoms with E-state index < -0.39 is 46.7 Å². The fraction of sp³-hybridized carbons (Fsp3) is 0.839. The number of cyclic esters (lactones) is 1. The molecule has 226 valence electrons. The van der Waals surface area contributed by atoms with E-state index in [1.165, 1.54) is 6.92 Å². The topological polar surface area (TPSA) is 138 Å². The van der Waals surface area contributed by atoms with Gasteiger partial charge in [0, 0.05) is 30.3 Å². The van der Waals surface area contributed by atoms with Crippen molar-refractivity contribution in [1.82, 2.24) is 0 Å². The molecule has 13 atom stereocenters. The highest BCUT2D eigenvalue weighted by Gasteiger charge is 2.70. The predicted octanol–water partition coefficient (Wildman–Crippen LogP) is 2.57. The van der Waals surface area contributed by atoms with E-state index in [2.05, 4.69) is 6.92 Å². The van der Waals surface area contributed by atoms with Gasteiger partial charge in [0.25, 0.3) is 5.79 Å². The lowest BCUT2D eigenvalue weighted by Gasteiger charge is -2.64. The molecule has 41 heavy (non-hydrogen) atoms. The molecule has 3 heterocycles. The Bertz CT molecular complexity index is 1170. The van der Waals surface area contributed by atoms with Gasteiger partial charge in [-0.1, -0.05) is 6.92 Å². The minimum absolute atomic E-state index is 0.0326. The van der Waals surface area contributed by atoms with Crippen molar-refractivity contribution in [3.8, 4) is 0 Å². The van der Waals surface area contributed by atoms with Crippen molar-refractivity contribution in [1.29, 1.82) is 0 Å². The molecule has 10 heteroatoms. The van der Waals surface area contributed by atoms with Crippen LogP contribution >= 0.6 is 0 Å². The monoisotopic (exact) mass is 574 g/mol. The number of fused-ring (bicyclic) bond motifs is 7. The minimum atomic E-state index is -1.97. The lowest BCUT2D eigenvalue weighted by molar-refractivity contribution is -0.457. The predicted molar refractivity (Wildman–Crippen MR) is 141 cm³/mol. The molecule has 4 saturated carbocycles. The first-order valence-corrected chi connectivity index (χ1v) is 15.4. The number of ether oxygens (including phenoxy) is 5. The van der Waals surface area contributed by atoms with Crippen LogP contribution in [0.25, 0.3) is 0 Å². The van der Waals surface area contributed by atoms with E-state index in [1.807, 2.05) is 6.92 Å². The van der Waals surface area contributed by atoms with Gasteiger partial charge < -0.3 is 38.7 Å². The van der Waals surface area contributed by atoms with Crippen LogP contribution in [0.2, 0.25) is 0 Å². The van der Waals surface area contributed by atoms with Gasteiger partial charge in [-0.3, -0.25) is 4.79 Å². The van der Waals surface area contributed by atoms with E-state index in [0.717, 1.165) is 44.0 Å². The van der Waals surface area contributed by atoms with E-state index in [1.54, 1.807) is 6.08 Å². The summed E-state index contributed by atoms with van der Waals surface area (Å²) >= 11 is 0. The van der Waals surface area contributed by atoms with Gasteiger partial charge in [0.1, 0.15) is 12.9 Å². The largest absolute Gasteiger partial charge is 0.458 e. The quantitative estimate of drug-likeness (QED) is 0.294. The van der Waals surface area contributed by atoms with E-state index >= 15 is 0 Å². The van der Waals surface area contributed by atoms with Crippen LogP contribution in [0.5, 0.6) is 0 Å². The first-order valence-electron chi connectivity index (χ1n) is 15.4. The molecule has 3 aliphatic heterocycles. The Labute approximate surface area is 240 Å². The van der Waals surface area contributed by atoms with Crippen LogP contribution in [0, 0.1) is 34.5 Å². The van der Waals surface area contributed by atoms with Crippen molar-refractivity contribution in [2.45, 2.75) is 121 Å². The molecule has 0 radical (unpaired) electrons. The Morgan fingerprint density at radius 1 is 1.07 bits per heavy atom. The number of rotatable bonds is 3. The molecule has 7 rings (SSSR count). The molecule has 0 spiro atoms. The van der Waals surface area contributed by atoms with Gasteiger partial charge in [-0.2, -0.15) is 0 Å². The fourth-order valence-corrected chi connectivity index (χ4v) is 10.5. The fourth-order valence-electron chi connectivity index (χ4n) is 10.5. The van der Waals surface area contributed by atoms with Crippen LogP contribution in [-0.2, 0) is 38.1 Å². The second-order valence-corrected chi connectivity index (χ2v) is 14.2. The SMILES string of the molecule is CC(=O)O[C@H]1C[C@@H](C)O[C@H]2O[C@@H]3C[C@H]4CC[C@@H]5[C@@H](CC[C@]6(C)[C@@H](C7=CC(=O)OC7)CC[C@]56O)[C@@]4(C=O)C[C@H]3O[C@]21O. The molecule has 0 aromatic heterocycles. The molecule has 0 unspecified atom stereocenters. The van der Waals surface area contributed by atoms with Gasteiger partial charge in [0.05, 0.1) is 23.9 Å². The van der Waals surface area contributed by atoms with Crippen molar-refractivity contribution in [2.75, 3.05) is 6.61 Å². The standard InChI is InChI=1S/C31H42O10/c1-16-10-25(39-17(2)33)31(36)27(38-16)40-23-12-19-4-5-22-21(29(19,15-32)13-24(23)41-31)6-8-28(3)20(7-9-30(22,28)35)18-11-26(34)37-14-18/h11,15-16,19-25,27,35-36H,4-10,12-14H2,1-3H3/t16-,19-,20-,21-,22-,23-,24-,25+,27+,28-,29-,30+,31+/m1/s1. The lowest BCUT2D eigenvalue weighted by atomic mass is 9.42. The highest BCUT2D eigenvalue weighted by atomic mass is 16.8. The number of carbonyl (C=O) groups excluding carboxylic acids is 3. The van der Waals surface area contributed by atoms with Crippen molar-refractivity contribution in [2.24, 2.45) is 34.5 Å². The van der Waals surface area contributed by atoms with Crippen LogP contribution in [0.15, 0.2) is 11.6 Å². The Balaban J connectivity index is 1.17. The third-order valence-corrected chi connectivity index (χ3v) is 12.4. The molecule has 6 fully saturated rings. The van der Waals surface area contributed by atoms with Crippen molar-refractivity contribution in [3.63, 3.8) is 0 Å². The number of hydrogen-bond donors (Lipinski definition) is 2. The molecule has 0 aromatic rings. The summed E-state index contributed by atoms with van der Waals surface area (Å²) < 4.78 is 29.4. The molecule has 2 N–H and O–H groups in total. The third kappa shape index (κ3) is 3.83. The maximum absolute atomic E-state index is 13.2. The van der Waals surface area contributed by atoms with Crippen LogP contribution in [-0.4, -0.2) is 77.1 Å². The van der Waals surface area contributed by atoms with Gasteiger partial charge in [-0.15, -0.1) is 0 Å². The third-order valence-electron chi connectivity index (χ3n) is 12.4. The Morgan fingerprint density at radius 2 is 1.88 bits per heavy atom. The van der Waals surface area contributed by atoms with Crippen molar-refractivity contribution in [3.05, 3.63) is 11.6 Å². The number of aldehydes is 1. The van der Waals surface area contributed by atoms with Gasteiger partial charge in [0.15, 0.2) is 6.10 Å². The molecular weight excluding hydrogens is 532 g/mol. The van der Waals surface area contributed by atoms with E-state index in [9.17, 15) is 24.6 Å². The summed E-state index contributed by atoms with van der Waals surface area (Å²) in [6.45, 7) is 5.59. The summed E-state index contributed by atoms with van der Waals surface area (Å²) in [5.41, 5.74) is -1.10. The van der Waals surface area contributed by atoms with Gasteiger partial charge in [0.2, 0.25) is 6.29 Å². The lowest BCUT2D eigenvalue weighted by Crippen LogP contribution is -2.71. The maximum atomic E-state index is 13.2. The second kappa shape index (κ2) is 9.32. The Morgan fingerprint density at radius 3 is 2.59 bits per heavy atom. The smallest absolute Gasteiger partial charge is 0.331 e. The van der Waals surface area contributed by atoms with Crippen LogP contribution in [0.3, 0.4) is 0 Å². The summed E-state index contributed by atoms with van der Waals surface area (Å²) in [6, 6.07) is 0. The van der Waals surface area contributed by atoms with Gasteiger partial charge in [-0.25, -0.2) is 4.79 Å². The highest BCUT2D eigenvalue weighted by Crippen LogP contribution is 2.70. The molecular formula is C31H42O10. The number of carbonyl (C=O) groups is 3. The summed E-state index contributed by atoms with van der Waals surface area (Å²) in [5, 5.41) is 24.2. The van der Waals surface area contributed by atoms with Gasteiger partial charge >= 0.3 is 11.9 Å². The molecule has 7 aliphatic rings. The number of esters is 2. The summed E-state index contributed by atoms with van der Waals surface area (Å²) in [6.07, 6.45) is 5.24. The molecule has 4 aliphatic carbocycles.